The van der Waals surface area contributed by atoms with Crippen LogP contribution in [-0.2, 0) is 0 Å². The van der Waals surface area contributed by atoms with Crippen molar-refractivity contribution >= 4 is 40.1 Å². The summed E-state index contributed by atoms with van der Waals surface area (Å²) < 4.78 is 1.86. The molecule has 1 aliphatic rings. The average molecular weight is 452 g/mol. The molecular weight excluding hydrogens is 429 g/mol. The van der Waals surface area contributed by atoms with Crippen LogP contribution in [0.25, 0.3) is 28.0 Å². The molecule has 4 aromatic rings. The van der Waals surface area contributed by atoms with Crippen LogP contribution in [0, 0.1) is 5.92 Å². The minimum absolute atomic E-state index is 0.395. The van der Waals surface area contributed by atoms with E-state index < -0.39 is 0 Å². The molecule has 0 saturated heterocycles. The van der Waals surface area contributed by atoms with Gasteiger partial charge in [-0.1, -0.05) is 67.2 Å². The van der Waals surface area contributed by atoms with Gasteiger partial charge in [-0.2, -0.15) is 5.10 Å². The highest BCUT2D eigenvalue weighted by molar-refractivity contribution is 6.32. The van der Waals surface area contributed by atoms with E-state index in [0.29, 0.717) is 22.0 Å². The monoisotopic (exact) mass is 451 g/mol. The van der Waals surface area contributed by atoms with Gasteiger partial charge in [0.2, 0.25) is 0 Å². The summed E-state index contributed by atoms with van der Waals surface area (Å²) in [6.07, 6.45) is 6.41. The SMILES string of the molecule is CC1CCCC(Nc2ncnc3c(-c4ccc(Cl)cc4)n(-c4ccccc4Cl)nc23)C1. The molecule has 2 unspecified atom stereocenters. The number of benzene rings is 2. The maximum absolute atomic E-state index is 6.55. The van der Waals surface area contributed by atoms with Crippen LogP contribution in [0.15, 0.2) is 54.9 Å². The number of rotatable bonds is 4. The molecule has 0 radical (unpaired) electrons. The zero-order valence-electron chi connectivity index (χ0n) is 17.2. The largest absolute Gasteiger partial charge is 0.365 e. The first kappa shape index (κ1) is 20.3. The Morgan fingerprint density at radius 2 is 1.77 bits per heavy atom. The highest BCUT2D eigenvalue weighted by Crippen LogP contribution is 2.35. The van der Waals surface area contributed by atoms with Crippen molar-refractivity contribution < 1.29 is 0 Å². The normalized spacial score (nSPS) is 18.9. The summed E-state index contributed by atoms with van der Waals surface area (Å²) in [6, 6.07) is 15.8. The number of nitrogens with one attached hydrogen (secondary N) is 1. The molecule has 1 aliphatic carbocycles. The molecule has 2 aromatic heterocycles. The summed E-state index contributed by atoms with van der Waals surface area (Å²) in [5.74, 6) is 1.49. The summed E-state index contributed by atoms with van der Waals surface area (Å²) in [4.78, 5) is 9.17. The molecule has 0 bridgehead atoms. The maximum atomic E-state index is 6.55. The number of hydrogen-bond acceptors (Lipinski definition) is 4. The molecule has 31 heavy (non-hydrogen) atoms. The van der Waals surface area contributed by atoms with Gasteiger partial charge in [0.25, 0.3) is 0 Å². The Balaban J connectivity index is 1.68. The van der Waals surface area contributed by atoms with Crippen LogP contribution in [0.3, 0.4) is 0 Å². The Labute approximate surface area is 191 Å². The van der Waals surface area contributed by atoms with E-state index in [1.54, 1.807) is 6.33 Å². The van der Waals surface area contributed by atoms with E-state index in [9.17, 15) is 0 Å². The molecule has 0 spiro atoms. The van der Waals surface area contributed by atoms with Gasteiger partial charge in [-0.05, 0) is 43.0 Å². The molecule has 7 heteroatoms. The van der Waals surface area contributed by atoms with Gasteiger partial charge in [-0.3, -0.25) is 0 Å². The van der Waals surface area contributed by atoms with Crippen LogP contribution < -0.4 is 5.32 Å². The Hall–Kier alpha value is -2.63. The van der Waals surface area contributed by atoms with E-state index >= 15 is 0 Å². The van der Waals surface area contributed by atoms with Crippen LogP contribution in [0.2, 0.25) is 10.0 Å². The number of fused-ring (bicyclic) bond motifs is 1. The van der Waals surface area contributed by atoms with Gasteiger partial charge in [-0.25, -0.2) is 14.6 Å². The molecular formula is C24H23Cl2N5. The van der Waals surface area contributed by atoms with Crippen LogP contribution in [0.1, 0.15) is 32.6 Å². The van der Waals surface area contributed by atoms with E-state index in [1.807, 2.05) is 53.2 Å². The van der Waals surface area contributed by atoms with Crippen molar-refractivity contribution in [2.45, 2.75) is 38.6 Å². The van der Waals surface area contributed by atoms with Crippen molar-refractivity contribution in [2.24, 2.45) is 5.92 Å². The number of hydrogen-bond donors (Lipinski definition) is 1. The van der Waals surface area contributed by atoms with Gasteiger partial charge < -0.3 is 5.32 Å². The summed E-state index contributed by atoms with van der Waals surface area (Å²) in [5.41, 5.74) is 4.14. The molecule has 2 aromatic carbocycles. The summed E-state index contributed by atoms with van der Waals surface area (Å²) >= 11 is 12.7. The van der Waals surface area contributed by atoms with E-state index in [1.165, 1.54) is 12.8 Å². The molecule has 158 valence electrons. The predicted octanol–water partition coefficient (Wildman–Crippen LogP) is 6.78. The van der Waals surface area contributed by atoms with Gasteiger partial charge in [0.15, 0.2) is 11.3 Å². The number of para-hydroxylation sites is 1. The molecule has 2 atom stereocenters. The number of halogens is 2. The maximum Gasteiger partial charge on any atom is 0.158 e. The summed E-state index contributed by atoms with van der Waals surface area (Å²) in [5, 5.41) is 9.88. The molecule has 5 nitrogen and oxygen atoms in total. The Morgan fingerprint density at radius 1 is 0.968 bits per heavy atom. The molecule has 1 N–H and O–H groups in total. The third kappa shape index (κ3) is 4.00. The first-order valence-corrected chi connectivity index (χ1v) is 11.4. The Bertz CT molecular complexity index is 1220. The minimum atomic E-state index is 0.395. The lowest BCUT2D eigenvalue weighted by Crippen LogP contribution is -2.26. The number of aromatic nitrogens is 4. The van der Waals surface area contributed by atoms with Gasteiger partial charge in [0.1, 0.15) is 17.5 Å². The van der Waals surface area contributed by atoms with Crippen LogP contribution in [-0.4, -0.2) is 25.8 Å². The highest BCUT2D eigenvalue weighted by atomic mass is 35.5. The van der Waals surface area contributed by atoms with Crippen molar-refractivity contribution in [3.05, 3.63) is 64.9 Å². The topological polar surface area (TPSA) is 55.6 Å². The van der Waals surface area contributed by atoms with Crippen LogP contribution >= 0.6 is 23.2 Å². The van der Waals surface area contributed by atoms with Gasteiger partial charge >= 0.3 is 0 Å². The fourth-order valence-corrected chi connectivity index (χ4v) is 4.77. The second-order valence-electron chi connectivity index (χ2n) is 8.25. The molecule has 2 heterocycles. The van der Waals surface area contributed by atoms with Crippen LogP contribution in [0.4, 0.5) is 5.82 Å². The third-order valence-electron chi connectivity index (χ3n) is 5.93. The van der Waals surface area contributed by atoms with Crippen molar-refractivity contribution in [1.82, 2.24) is 19.7 Å². The molecule has 0 amide bonds. The lowest BCUT2D eigenvalue weighted by molar-refractivity contribution is 0.358. The van der Waals surface area contributed by atoms with Crippen LogP contribution in [0.5, 0.6) is 0 Å². The van der Waals surface area contributed by atoms with E-state index in [4.69, 9.17) is 28.3 Å². The van der Waals surface area contributed by atoms with Gasteiger partial charge in [-0.15, -0.1) is 0 Å². The summed E-state index contributed by atoms with van der Waals surface area (Å²) in [6.45, 7) is 2.31. The Kier molecular flexibility index (Phi) is 5.55. The number of nitrogens with zero attached hydrogens (tertiary/aromatic N) is 4. The quantitative estimate of drug-likeness (QED) is 0.371. The Morgan fingerprint density at radius 3 is 2.55 bits per heavy atom. The van der Waals surface area contributed by atoms with Gasteiger partial charge in [0, 0.05) is 16.6 Å². The molecule has 1 saturated carbocycles. The predicted molar refractivity (Wildman–Crippen MR) is 127 cm³/mol. The van der Waals surface area contributed by atoms with E-state index in [2.05, 4.69) is 22.2 Å². The zero-order valence-corrected chi connectivity index (χ0v) is 18.7. The molecule has 0 aliphatic heterocycles. The summed E-state index contributed by atoms with van der Waals surface area (Å²) in [7, 11) is 0. The molecule has 5 rings (SSSR count). The van der Waals surface area contributed by atoms with E-state index in [-0.39, 0.29) is 0 Å². The molecule has 1 fully saturated rings. The second-order valence-corrected chi connectivity index (χ2v) is 9.09. The smallest absolute Gasteiger partial charge is 0.158 e. The fraction of sp³-hybridized carbons (Fsp3) is 0.292. The van der Waals surface area contributed by atoms with Crippen molar-refractivity contribution in [1.29, 1.82) is 0 Å². The fourth-order valence-electron chi connectivity index (χ4n) is 4.43. The average Bonchev–Trinajstić information content (AvgIpc) is 3.15. The van der Waals surface area contributed by atoms with Gasteiger partial charge in [0.05, 0.1) is 10.7 Å². The first-order chi connectivity index (χ1) is 15.1. The highest BCUT2D eigenvalue weighted by Gasteiger charge is 2.23. The second kappa shape index (κ2) is 8.48. The van der Waals surface area contributed by atoms with E-state index in [0.717, 1.165) is 46.6 Å². The third-order valence-corrected chi connectivity index (χ3v) is 6.51. The number of anilines is 1. The minimum Gasteiger partial charge on any atom is -0.365 e. The lowest BCUT2D eigenvalue weighted by Gasteiger charge is -2.27. The van der Waals surface area contributed by atoms with Crippen molar-refractivity contribution in [3.63, 3.8) is 0 Å². The lowest BCUT2D eigenvalue weighted by atomic mass is 9.87. The first-order valence-electron chi connectivity index (χ1n) is 10.6. The van der Waals surface area contributed by atoms with Crippen molar-refractivity contribution in [3.8, 4) is 16.9 Å². The van der Waals surface area contributed by atoms with Crippen molar-refractivity contribution in [2.75, 3.05) is 5.32 Å². The zero-order chi connectivity index (χ0) is 21.4. The standard InChI is InChI=1S/C24H23Cl2N5/c1-15-5-4-6-18(13-15)29-24-22-21(27-14-28-24)23(16-9-11-17(25)12-10-16)31(30-22)20-8-3-2-7-19(20)26/h2-3,7-12,14-15,18H,4-6,13H2,1H3,(H,27,28,29).